The van der Waals surface area contributed by atoms with E-state index in [1.165, 1.54) is 17.7 Å². The predicted octanol–water partition coefficient (Wildman–Crippen LogP) is 2.88. The molecule has 0 radical (unpaired) electrons. The molecule has 3 rings (SSSR count). The zero-order valence-electron chi connectivity index (χ0n) is 14.9. The summed E-state index contributed by atoms with van der Waals surface area (Å²) in [5, 5.41) is 8.21. The van der Waals surface area contributed by atoms with Gasteiger partial charge in [0.25, 0.3) is 5.91 Å². The quantitative estimate of drug-likeness (QED) is 0.846. The van der Waals surface area contributed by atoms with E-state index in [9.17, 15) is 13.2 Å². The van der Waals surface area contributed by atoms with Crippen LogP contribution in [0, 0.1) is 6.92 Å². The van der Waals surface area contributed by atoms with Crippen molar-refractivity contribution in [2.75, 3.05) is 6.54 Å². The fourth-order valence-corrected chi connectivity index (χ4v) is 4.32. The fraction of sp³-hybridized carbons (Fsp3) is 0.350. The number of primary sulfonamides is 1. The van der Waals surface area contributed by atoms with Crippen molar-refractivity contribution in [3.05, 3.63) is 65.2 Å². The number of carbonyl (C=O) groups is 1. The van der Waals surface area contributed by atoms with Crippen LogP contribution < -0.4 is 10.5 Å². The lowest BCUT2D eigenvalue weighted by atomic mass is 9.79. The first-order valence-electron chi connectivity index (χ1n) is 8.79. The van der Waals surface area contributed by atoms with E-state index in [1.807, 2.05) is 18.2 Å². The summed E-state index contributed by atoms with van der Waals surface area (Å²) in [4.78, 5) is 12.7. The Labute approximate surface area is 154 Å². The third-order valence-electron chi connectivity index (χ3n) is 5.32. The SMILES string of the molecule is Cc1ccc(S(N)(=O)=O)cc1C(=O)NCC1(c2ccccc2)CCCC1. The van der Waals surface area contributed by atoms with Crippen LogP contribution in [0.15, 0.2) is 53.4 Å². The summed E-state index contributed by atoms with van der Waals surface area (Å²) in [5.41, 5.74) is 2.25. The molecular formula is C20H24N2O3S. The number of sulfonamides is 1. The van der Waals surface area contributed by atoms with Gasteiger partial charge in [0.2, 0.25) is 10.0 Å². The van der Waals surface area contributed by atoms with E-state index in [0.29, 0.717) is 12.1 Å². The topological polar surface area (TPSA) is 89.3 Å². The summed E-state index contributed by atoms with van der Waals surface area (Å²) in [6.07, 6.45) is 4.36. The smallest absolute Gasteiger partial charge is 0.251 e. The molecule has 1 amide bonds. The standard InChI is InChI=1S/C20H24N2O3S/c1-15-9-10-17(26(21,24)25)13-18(15)19(23)22-14-20(11-5-6-12-20)16-7-3-2-4-8-16/h2-4,7-10,13H,5-6,11-12,14H2,1H3,(H,22,23)(H2,21,24,25). The number of nitrogens with two attached hydrogens (primary N) is 1. The first kappa shape index (κ1) is 18.6. The summed E-state index contributed by atoms with van der Waals surface area (Å²) in [7, 11) is -3.84. The summed E-state index contributed by atoms with van der Waals surface area (Å²) in [5.74, 6) is -0.268. The van der Waals surface area contributed by atoms with Crippen LogP contribution in [-0.4, -0.2) is 20.9 Å². The Morgan fingerprint density at radius 3 is 2.38 bits per heavy atom. The first-order valence-corrected chi connectivity index (χ1v) is 10.3. The van der Waals surface area contributed by atoms with Crippen molar-refractivity contribution in [3.8, 4) is 0 Å². The number of hydrogen-bond acceptors (Lipinski definition) is 3. The molecule has 0 heterocycles. The Bertz CT molecular complexity index is 902. The molecule has 0 unspecified atom stereocenters. The predicted molar refractivity (Wildman–Crippen MR) is 101 cm³/mol. The molecule has 1 fully saturated rings. The zero-order chi connectivity index (χ0) is 18.8. The molecule has 0 aliphatic heterocycles. The number of hydrogen-bond donors (Lipinski definition) is 2. The molecule has 0 atom stereocenters. The van der Waals surface area contributed by atoms with E-state index in [2.05, 4.69) is 17.4 Å². The molecule has 3 N–H and O–H groups in total. The fourth-order valence-electron chi connectivity index (χ4n) is 3.78. The van der Waals surface area contributed by atoms with Gasteiger partial charge in [0, 0.05) is 17.5 Å². The highest BCUT2D eigenvalue weighted by molar-refractivity contribution is 7.89. The van der Waals surface area contributed by atoms with Crippen LogP contribution in [0.2, 0.25) is 0 Å². The highest BCUT2D eigenvalue weighted by Gasteiger charge is 2.35. The van der Waals surface area contributed by atoms with E-state index in [4.69, 9.17) is 5.14 Å². The molecule has 0 spiro atoms. The second-order valence-corrected chi connectivity index (χ2v) is 8.62. The maximum Gasteiger partial charge on any atom is 0.251 e. The van der Waals surface area contributed by atoms with Gasteiger partial charge in [-0.3, -0.25) is 4.79 Å². The Hall–Kier alpha value is -2.18. The van der Waals surface area contributed by atoms with E-state index in [1.54, 1.807) is 13.0 Å². The molecule has 6 heteroatoms. The van der Waals surface area contributed by atoms with Gasteiger partial charge >= 0.3 is 0 Å². The third-order valence-corrected chi connectivity index (χ3v) is 6.23. The van der Waals surface area contributed by atoms with Crippen molar-refractivity contribution in [2.24, 2.45) is 5.14 Å². The van der Waals surface area contributed by atoms with Gasteiger partial charge in [-0.25, -0.2) is 13.6 Å². The number of aryl methyl sites for hydroxylation is 1. The summed E-state index contributed by atoms with van der Waals surface area (Å²) in [6, 6.07) is 14.7. The van der Waals surface area contributed by atoms with Crippen LogP contribution in [0.25, 0.3) is 0 Å². The van der Waals surface area contributed by atoms with Crippen molar-refractivity contribution in [3.63, 3.8) is 0 Å². The van der Waals surface area contributed by atoms with Gasteiger partial charge in [0.15, 0.2) is 0 Å². The molecule has 5 nitrogen and oxygen atoms in total. The van der Waals surface area contributed by atoms with Crippen LogP contribution >= 0.6 is 0 Å². The molecule has 2 aromatic carbocycles. The molecular weight excluding hydrogens is 348 g/mol. The summed E-state index contributed by atoms with van der Waals surface area (Å²) in [6.45, 7) is 2.32. The lowest BCUT2D eigenvalue weighted by molar-refractivity contribution is 0.0942. The first-order chi connectivity index (χ1) is 12.3. The molecule has 0 bridgehead atoms. The molecule has 26 heavy (non-hydrogen) atoms. The maximum atomic E-state index is 12.7. The van der Waals surface area contributed by atoms with Crippen LogP contribution in [0.5, 0.6) is 0 Å². The molecule has 1 aliphatic rings. The van der Waals surface area contributed by atoms with Crippen molar-refractivity contribution in [1.29, 1.82) is 0 Å². The molecule has 1 aliphatic carbocycles. The van der Waals surface area contributed by atoms with Gasteiger partial charge in [-0.2, -0.15) is 0 Å². The Kier molecular flexibility index (Phi) is 5.16. The summed E-state index contributed by atoms with van der Waals surface area (Å²) >= 11 is 0. The molecule has 0 saturated heterocycles. The maximum absolute atomic E-state index is 12.7. The number of amides is 1. The lowest BCUT2D eigenvalue weighted by Gasteiger charge is -2.30. The second-order valence-electron chi connectivity index (χ2n) is 7.06. The minimum absolute atomic E-state index is 0.0492. The largest absolute Gasteiger partial charge is 0.351 e. The van der Waals surface area contributed by atoms with Crippen molar-refractivity contribution < 1.29 is 13.2 Å². The molecule has 138 valence electrons. The van der Waals surface area contributed by atoms with Gasteiger partial charge in [0.05, 0.1) is 4.90 Å². The molecule has 2 aromatic rings. The lowest BCUT2D eigenvalue weighted by Crippen LogP contribution is -2.39. The average molecular weight is 372 g/mol. The number of benzene rings is 2. The highest BCUT2D eigenvalue weighted by atomic mass is 32.2. The van der Waals surface area contributed by atoms with E-state index in [0.717, 1.165) is 31.2 Å². The van der Waals surface area contributed by atoms with Gasteiger partial charge in [-0.05, 0) is 43.0 Å². The van der Waals surface area contributed by atoms with Gasteiger partial charge in [-0.15, -0.1) is 0 Å². The zero-order valence-corrected chi connectivity index (χ0v) is 15.7. The van der Waals surface area contributed by atoms with E-state index >= 15 is 0 Å². The van der Waals surface area contributed by atoms with Crippen LogP contribution in [-0.2, 0) is 15.4 Å². The van der Waals surface area contributed by atoms with Crippen LogP contribution in [0.1, 0.15) is 47.2 Å². The monoisotopic (exact) mass is 372 g/mol. The normalized spacial score (nSPS) is 16.4. The highest BCUT2D eigenvalue weighted by Crippen LogP contribution is 2.40. The Morgan fingerprint density at radius 2 is 1.77 bits per heavy atom. The number of nitrogens with one attached hydrogen (secondary N) is 1. The summed E-state index contributed by atoms with van der Waals surface area (Å²) < 4.78 is 23.1. The molecule has 1 saturated carbocycles. The van der Waals surface area contributed by atoms with Crippen molar-refractivity contribution >= 4 is 15.9 Å². The second kappa shape index (κ2) is 7.21. The molecule has 0 aromatic heterocycles. The Morgan fingerprint density at radius 1 is 1.12 bits per heavy atom. The average Bonchev–Trinajstić information content (AvgIpc) is 3.10. The van der Waals surface area contributed by atoms with E-state index in [-0.39, 0.29) is 16.2 Å². The number of rotatable bonds is 5. The van der Waals surface area contributed by atoms with Gasteiger partial charge < -0.3 is 5.32 Å². The number of carbonyl (C=O) groups excluding carboxylic acids is 1. The minimum Gasteiger partial charge on any atom is -0.351 e. The van der Waals surface area contributed by atoms with Crippen molar-refractivity contribution in [2.45, 2.75) is 42.9 Å². The van der Waals surface area contributed by atoms with E-state index < -0.39 is 10.0 Å². The van der Waals surface area contributed by atoms with Crippen LogP contribution in [0.3, 0.4) is 0 Å². The van der Waals surface area contributed by atoms with Gasteiger partial charge in [0.1, 0.15) is 0 Å². The Balaban J connectivity index is 1.82. The van der Waals surface area contributed by atoms with Crippen molar-refractivity contribution in [1.82, 2.24) is 5.32 Å². The minimum atomic E-state index is -3.84. The van der Waals surface area contributed by atoms with Gasteiger partial charge in [-0.1, -0.05) is 49.2 Å². The third kappa shape index (κ3) is 3.81. The van der Waals surface area contributed by atoms with Crippen LogP contribution in [0.4, 0.5) is 0 Å².